The molecule has 1 aliphatic heterocycles. The number of nitrogens with one attached hydrogen (secondary N) is 4. The summed E-state index contributed by atoms with van der Waals surface area (Å²) in [4.78, 5) is 68.4. The van der Waals surface area contributed by atoms with Crippen LogP contribution in [0.5, 0.6) is 0 Å². The van der Waals surface area contributed by atoms with Crippen LogP contribution in [0.25, 0.3) is 0 Å². The summed E-state index contributed by atoms with van der Waals surface area (Å²) >= 11 is 0. The van der Waals surface area contributed by atoms with Crippen molar-refractivity contribution in [1.29, 1.82) is 0 Å². The van der Waals surface area contributed by atoms with Crippen molar-refractivity contribution in [3.05, 3.63) is 0 Å². The van der Waals surface area contributed by atoms with Crippen LogP contribution in [0.1, 0.15) is 74.7 Å². The van der Waals surface area contributed by atoms with E-state index in [0.717, 1.165) is 17.1 Å². The first-order valence-electron chi connectivity index (χ1n) is 16.4. The first kappa shape index (κ1) is 38.7. The summed E-state index contributed by atoms with van der Waals surface area (Å²) in [6.07, 6.45) is 2.22. The third-order valence-electron chi connectivity index (χ3n) is 10.1. The topological polar surface area (TPSA) is 177 Å². The van der Waals surface area contributed by atoms with Crippen LogP contribution < -0.4 is 21.3 Å². The van der Waals surface area contributed by atoms with E-state index >= 15 is 0 Å². The minimum absolute atomic E-state index is 0.00479. The van der Waals surface area contributed by atoms with Gasteiger partial charge < -0.3 is 26.2 Å². The number of likely N-dealkylation sites (N-methyl/N-ethyl adjacent to an activating group) is 2. The van der Waals surface area contributed by atoms with Gasteiger partial charge in [0.1, 0.15) is 12.1 Å². The predicted octanol–water partition coefficient (Wildman–Crippen LogP) is 0.936. The number of carbonyl (C=O) groups excluding carboxylic acids is 5. The summed E-state index contributed by atoms with van der Waals surface area (Å²) in [5, 5.41) is 10.9. The van der Waals surface area contributed by atoms with Gasteiger partial charge in [0.15, 0.2) is 0 Å². The van der Waals surface area contributed by atoms with Gasteiger partial charge in [-0.15, -0.1) is 0 Å². The minimum atomic E-state index is -3.73. The number of ketones is 1. The second-order valence-electron chi connectivity index (χ2n) is 16.5. The lowest BCUT2D eigenvalue weighted by Gasteiger charge is -2.39. The SMILES string of the molecule is CNC(=O)C(=O)C(CC1CC1)NC(=O)[C@@H]1[C@@H]2[C@H](CN1C(=O)[C@@H](NC(=O)N[C@H](CN(C)S(=O)(=O)N(C)C)C(C)(C)C)C(C)(C)C)C2(C)C. The van der Waals surface area contributed by atoms with E-state index in [0.29, 0.717) is 13.0 Å². The molecule has 14 nitrogen and oxygen atoms in total. The molecule has 4 N–H and O–H groups in total. The van der Waals surface area contributed by atoms with Crippen LogP contribution in [-0.4, -0.2) is 117 Å². The van der Waals surface area contributed by atoms with Gasteiger partial charge >= 0.3 is 6.03 Å². The van der Waals surface area contributed by atoms with Crippen LogP contribution in [-0.2, 0) is 29.4 Å². The minimum Gasteiger partial charge on any atom is -0.353 e. The summed E-state index contributed by atoms with van der Waals surface area (Å²) < 4.78 is 27.7. The molecule has 1 unspecified atom stereocenters. The van der Waals surface area contributed by atoms with Crippen molar-refractivity contribution in [3.63, 3.8) is 0 Å². The second kappa shape index (κ2) is 13.6. The number of amides is 5. The van der Waals surface area contributed by atoms with Crippen LogP contribution in [0.4, 0.5) is 4.79 Å². The summed E-state index contributed by atoms with van der Waals surface area (Å²) in [5.41, 5.74) is -1.50. The molecule has 2 aliphatic carbocycles. The number of likely N-dealkylation sites (tertiary alicyclic amines) is 1. The molecule has 0 radical (unpaired) electrons. The molecule has 5 amide bonds. The molecule has 3 aliphatic rings. The Kier molecular flexibility index (Phi) is 11.2. The number of carbonyl (C=O) groups is 5. The molecule has 0 bridgehead atoms. The Hall–Kier alpha value is -2.78. The van der Waals surface area contributed by atoms with Crippen molar-refractivity contribution in [2.24, 2.45) is 34.0 Å². The molecule has 0 aromatic carbocycles. The van der Waals surface area contributed by atoms with E-state index in [9.17, 15) is 32.4 Å². The zero-order valence-electron chi connectivity index (χ0n) is 30.2. The lowest BCUT2D eigenvalue weighted by atomic mass is 9.85. The molecule has 3 rings (SSSR count). The summed E-state index contributed by atoms with van der Waals surface area (Å²) in [6, 6.07) is -4.14. The third kappa shape index (κ3) is 8.63. The number of Topliss-reactive ketones (excluding diaryl/α,β-unsaturated/α-hetero) is 1. The summed E-state index contributed by atoms with van der Waals surface area (Å²) in [7, 11) is 1.94. The Morgan fingerprint density at radius 1 is 0.915 bits per heavy atom. The summed E-state index contributed by atoms with van der Waals surface area (Å²) in [6.45, 7) is 15.5. The van der Waals surface area contributed by atoms with Gasteiger partial charge in [0.05, 0.1) is 6.04 Å². The highest BCUT2D eigenvalue weighted by molar-refractivity contribution is 7.86. The standard InChI is InChI=1S/C32H57N7O7S/c1-30(2,3)21(17-38(12)47(45,46)37(10)11)35-29(44)36-25(31(4,5)6)28(43)39-16-19-22(32(19,7)8)23(39)26(41)34-20(15-18-13-14-18)24(40)27(42)33-9/h18-23,25H,13-17H2,1-12H3,(H,33,42)(H,34,41)(H2,35,36,44)/t19-,20?,21+,22-,23-,25+/m0/s1. The van der Waals surface area contributed by atoms with Crippen LogP contribution in [0, 0.1) is 34.0 Å². The number of piperidine rings is 1. The highest BCUT2D eigenvalue weighted by atomic mass is 32.2. The molecule has 0 aromatic rings. The fourth-order valence-electron chi connectivity index (χ4n) is 6.58. The monoisotopic (exact) mass is 683 g/mol. The molecular weight excluding hydrogens is 626 g/mol. The maximum absolute atomic E-state index is 14.3. The summed E-state index contributed by atoms with van der Waals surface area (Å²) in [5.74, 6) is -2.21. The normalized spacial score (nSPS) is 24.2. The highest BCUT2D eigenvalue weighted by Crippen LogP contribution is 2.65. The van der Waals surface area contributed by atoms with Crippen molar-refractivity contribution >= 4 is 39.7 Å². The van der Waals surface area contributed by atoms with E-state index in [-0.39, 0.29) is 29.7 Å². The van der Waals surface area contributed by atoms with Gasteiger partial charge in [-0.05, 0) is 40.4 Å². The number of rotatable bonds is 13. The van der Waals surface area contributed by atoms with Gasteiger partial charge in [-0.25, -0.2) is 4.79 Å². The van der Waals surface area contributed by atoms with Crippen LogP contribution in [0.3, 0.4) is 0 Å². The number of fused-ring (bicyclic) bond motifs is 1. The van der Waals surface area contributed by atoms with Crippen molar-refractivity contribution < 1.29 is 32.4 Å². The lowest BCUT2D eigenvalue weighted by Crippen LogP contribution is -2.63. The van der Waals surface area contributed by atoms with Gasteiger partial charge in [-0.2, -0.15) is 17.0 Å². The van der Waals surface area contributed by atoms with Crippen LogP contribution >= 0.6 is 0 Å². The Morgan fingerprint density at radius 3 is 1.96 bits per heavy atom. The highest BCUT2D eigenvalue weighted by Gasteiger charge is 2.70. The van der Waals surface area contributed by atoms with E-state index in [1.54, 1.807) is 0 Å². The number of hydrogen-bond acceptors (Lipinski definition) is 7. The maximum Gasteiger partial charge on any atom is 0.315 e. The molecule has 3 fully saturated rings. The van der Waals surface area contributed by atoms with E-state index in [4.69, 9.17) is 0 Å². The Morgan fingerprint density at radius 2 is 1.49 bits per heavy atom. The zero-order valence-corrected chi connectivity index (χ0v) is 31.0. The molecule has 1 heterocycles. The smallest absolute Gasteiger partial charge is 0.315 e. The van der Waals surface area contributed by atoms with Crippen molar-refractivity contribution in [3.8, 4) is 0 Å². The molecule has 6 atom stereocenters. The van der Waals surface area contributed by atoms with E-state index in [1.165, 1.54) is 37.4 Å². The molecule has 1 saturated heterocycles. The predicted molar refractivity (Wildman–Crippen MR) is 178 cm³/mol. The van der Waals surface area contributed by atoms with E-state index in [2.05, 4.69) is 35.1 Å². The first-order valence-corrected chi connectivity index (χ1v) is 17.8. The molecular formula is C32H57N7O7S. The third-order valence-corrected chi connectivity index (χ3v) is 12.0. The fourth-order valence-corrected chi connectivity index (χ4v) is 7.48. The second-order valence-corrected chi connectivity index (χ2v) is 18.7. The number of nitrogens with zero attached hydrogens (tertiary/aromatic N) is 3. The zero-order chi connectivity index (χ0) is 36.0. The quantitative estimate of drug-likeness (QED) is 0.209. The van der Waals surface area contributed by atoms with Gasteiger partial charge in [-0.3, -0.25) is 19.2 Å². The number of urea groups is 1. The van der Waals surface area contributed by atoms with E-state index in [1.807, 2.05) is 41.5 Å². The number of hydrogen-bond donors (Lipinski definition) is 4. The van der Waals surface area contributed by atoms with Gasteiger partial charge in [0, 0.05) is 47.3 Å². The van der Waals surface area contributed by atoms with Crippen molar-refractivity contribution in [2.45, 2.75) is 98.8 Å². The van der Waals surface area contributed by atoms with Gasteiger partial charge in [-0.1, -0.05) is 68.2 Å². The molecule has 47 heavy (non-hydrogen) atoms. The Labute approximate surface area is 280 Å². The Bertz CT molecular complexity index is 1350. The molecule has 268 valence electrons. The molecule has 2 saturated carbocycles. The van der Waals surface area contributed by atoms with Crippen molar-refractivity contribution in [1.82, 2.24) is 34.8 Å². The lowest BCUT2D eigenvalue weighted by molar-refractivity contribution is -0.145. The van der Waals surface area contributed by atoms with Crippen LogP contribution in [0.2, 0.25) is 0 Å². The maximum atomic E-state index is 14.3. The van der Waals surface area contributed by atoms with Gasteiger partial charge in [0.2, 0.25) is 17.6 Å². The molecule has 0 aromatic heterocycles. The molecule has 0 spiro atoms. The van der Waals surface area contributed by atoms with E-state index < -0.39 is 74.7 Å². The first-order chi connectivity index (χ1) is 21.3. The van der Waals surface area contributed by atoms with Gasteiger partial charge in [0.25, 0.3) is 16.1 Å². The Balaban J connectivity index is 1.83. The van der Waals surface area contributed by atoms with Crippen molar-refractivity contribution in [2.75, 3.05) is 41.3 Å². The average Bonchev–Trinajstić information content (AvgIpc) is 3.80. The average molecular weight is 684 g/mol. The van der Waals surface area contributed by atoms with Crippen LogP contribution in [0.15, 0.2) is 0 Å². The fraction of sp³-hybridized carbons (Fsp3) is 0.844. The molecule has 15 heteroatoms. The largest absolute Gasteiger partial charge is 0.353 e.